The van der Waals surface area contributed by atoms with Crippen molar-refractivity contribution in [3.05, 3.63) is 120 Å². The summed E-state index contributed by atoms with van der Waals surface area (Å²) in [7, 11) is 0. The van der Waals surface area contributed by atoms with E-state index in [1.54, 1.807) is 0 Å². The van der Waals surface area contributed by atoms with Crippen LogP contribution in [0.1, 0.15) is 22.3 Å². The van der Waals surface area contributed by atoms with Gasteiger partial charge in [-0.1, -0.05) is 86.0 Å². The molecule has 0 fully saturated rings. The third-order valence-electron chi connectivity index (χ3n) is 5.00. The van der Waals surface area contributed by atoms with Crippen molar-refractivity contribution in [3.63, 3.8) is 0 Å². The highest BCUT2D eigenvalue weighted by Gasteiger charge is 2.03. The van der Waals surface area contributed by atoms with E-state index in [4.69, 9.17) is 0 Å². The summed E-state index contributed by atoms with van der Waals surface area (Å²) in [6, 6.07) is 30.7. The molecule has 0 aliphatic carbocycles. The van der Waals surface area contributed by atoms with Crippen molar-refractivity contribution in [2.45, 2.75) is 21.3 Å². The summed E-state index contributed by atoms with van der Waals surface area (Å²) in [5, 5.41) is 2.58. The smallest absolute Gasteiger partial charge is 0.0232 e. The SMILES string of the molecule is C=Cc1ccc(CSc2ccc3ccc(SCc4cccc(C=C)c4)cc3c2)cc1. The molecule has 4 aromatic rings. The monoisotopic (exact) mass is 424 g/mol. The largest absolute Gasteiger partial charge is 0.121 e. The molecular formula is C28H24S2. The highest BCUT2D eigenvalue weighted by atomic mass is 32.2. The quantitative estimate of drug-likeness (QED) is 0.259. The predicted molar refractivity (Wildman–Crippen MR) is 136 cm³/mol. The maximum Gasteiger partial charge on any atom is 0.0232 e. The zero-order chi connectivity index (χ0) is 20.8. The Hall–Kier alpha value is -2.68. The van der Waals surface area contributed by atoms with Crippen LogP contribution in [0.3, 0.4) is 0 Å². The van der Waals surface area contributed by atoms with E-state index in [1.807, 2.05) is 35.7 Å². The second-order valence-electron chi connectivity index (χ2n) is 7.14. The number of hydrogen-bond acceptors (Lipinski definition) is 2. The minimum atomic E-state index is 0.961. The van der Waals surface area contributed by atoms with Gasteiger partial charge >= 0.3 is 0 Å². The Labute approximate surface area is 187 Å². The zero-order valence-electron chi connectivity index (χ0n) is 16.9. The lowest BCUT2D eigenvalue weighted by atomic mass is 10.1. The van der Waals surface area contributed by atoms with E-state index in [9.17, 15) is 0 Å². The lowest BCUT2D eigenvalue weighted by Crippen LogP contribution is -1.83. The highest BCUT2D eigenvalue weighted by molar-refractivity contribution is 7.98. The van der Waals surface area contributed by atoms with Crippen LogP contribution >= 0.6 is 23.5 Å². The Morgan fingerprint density at radius 1 is 0.567 bits per heavy atom. The summed E-state index contributed by atoms with van der Waals surface area (Å²) < 4.78 is 0. The summed E-state index contributed by atoms with van der Waals surface area (Å²) in [4.78, 5) is 2.60. The molecule has 0 N–H and O–H groups in total. The van der Waals surface area contributed by atoms with Crippen LogP contribution in [0.5, 0.6) is 0 Å². The average molecular weight is 425 g/mol. The number of hydrogen-bond donors (Lipinski definition) is 0. The molecule has 0 spiro atoms. The maximum atomic E-state index is 3.86. The van der Waals surface area contributed by atoms with Crippen molar-refractivity contribution >= 4 is 46.4 Å². The van der Waals surface area contributed by atoms with Crippen LogP contribution in [0.15, 0.2) is 108 Å². The Balaban J connectivity index is 1.44. The number of benzene rings is 4. The molecule has 148 valence electrons. The minimum absolute atomic E-state index is 0.961. The fourth-order valence-corrected chi connectivity index (χ4v) is 5.06. The van der Waals surface area contributed by atoms with Gasteiger partial charge in [0.15, 0.2) is 0 Å². The molecule has 0 nitrogen and oxygen atoms in total. The van der Waals surface area contributed by atoms with Crippen molar-refractivity contribution in [3.8, 4) is 0 Å². The first-order valence-electron chi connectivity index (χ1n) is 9.96. The van der Waals surface area contributed by atoms with Gasteiger partial charge in [0.05, 0.1) is 0 Å². The minimum Gasteiger partial charge on any atom is -0.121 e. The van der Waals surface area contributed by atoms with Crippen molar-refractivity contribution in [2.24, 2.45) is 0 Å². The summed E-state index contributed by atoms with van der Waals surface area (Å²) in [5.74, 6) is 1.93. The summed E-state index contributed by atoms with van der Waals surface area (Å²) in [6.45, 7) is 7.68. The molecule has 0 saturated heterocycles. The van der Waals surface area contributed by atoms with Gasteiger partial charge in [-0.25, -0.2) is 0 Å². The van der Waals surface area contributed by atoms with E-state index in [0.29, 0.717) is 0 Å². The van der Waals surface area contributed by atoms with Gasteiger partial charge in [0.25, 0.3) is 0 Å². The first-order valence-corrected chi connectivity index (χ1v) is 11.9. The van der Waals surface area contributed by atoms with Crippen LogP contribution in [0.25, 0.3) is 22.9 Å². The van der Waals surface area contributed by atoms with Crippen LogP contribution < -0.4 is 0 Å². The second kappa shape index (κ2) is 9.88. The second-order valence-corrected chi connectivity index (χ2v) is 9.24. The molecule has 0 unspecified atom stereocenters. The Morgan fingerprint density at radius 3 is 1.83 bits per heavy atom. The molecule has 0 amide bonds. The van der Waals surface area contributed by atoms with Crippen molar-refractivity contribution in [1.29, 1.82) is 0 Å². The van der Waals surface area contributed by atoms with E-state index in [0.717, 1.165) is 17.1 Å². The van der Waals surface area contributed by atoms with Gasteiger partial charge < -0.3 is 0 Å². The molecule has 4 aromatic carbocycles. The molecule has 0 radical (unpaired) electrons. The van der Waals surface area contributed by atoms with Crippen molar-refractivity contribution < 1.29 is 0 Å². The van der Waals surface area contributed by atoms with Crippen molar-refractivity contribution in [1.82, 2.24) is 0 Å². The lowest BCUT2D eigenvalue weighted by Gasteiger charge is -2.07. The number of thioether (sulfide) groups is 2. The molecule has 0 bridgehead atoms. The van der Waals surface area contributed by atoms with Crippen LogP contribution in [-0.4, -0.2) is 0 Å². The predicted octanol–water partition coefficient (Wildman–Crippen LogP) is 8.71. The molecular weight excluding hydrogens is 400 g/mol. The molecule has 30 heavy (non-hydrogen) atoms. The van der Waals surface area contributed by atoms with Crippen molar-refractivity contribution in [2.75, 3.05) is 0 Å². The first kappa shape index (κ1) is 20.6. The van der Waals surface area contributed by atoms with Gasteiger partial charge in [0.2, 0.25) is 0 Å². The van der Waals surface area contributed by atoms with E-state index in [1.165, 1.54) is 37.3 Å². The van der Waals surface area contributed by atoms with E-state index in [2.05, 4.69) is 98.1 Å². The average Bonchev–Trinajstić information content (AvgIpc) is 2.81. The van der Waals surface area contributed by atoms with E-state index in [-0.39, 0.29) is 0 Å². The lowest BCUT2D eigenvalue weighted by molar-refractivity contribution is 1.37. The van der Waals surface area contributed by atoms with Gasteiger partial charge in [0, 0.05) is 21.3 Å². The molecule has 4 rings (SSSR count). The van der Waals surface area contributed by atoms with Gasteiger partial charge in [-0.3, -0.25) is 0 Å². The van der Waals surface area contributed by atoms with Crippen LogP contribution in [0.2, 0.25) is 0 Å². The Morgan fingerprint density at radius 2 is 1.20 bits per heavy atom. The zero-order valence-corrected chi connectivity index (χ0v) is 18.5. The van der Waals surface area contributed by atoms with Crippen LogP contribution in [-0.2, 0) is 11.5 Å². The van der Waals surface area contributed by atoms with Crippen LogP contribution in [0.4, 0.5) is 0 Å². The van der Waals surface area contributed by atoms with E-state index >= 15 is 0 Å². The third-order valence-corrected chi connectivity index (χ3v) is 7.13. The normalized spacial score (nSPS) is 10.8. The molecule has 0 aliphatic heterocycles. The van der Waals surface area contributed by atoms with E-state index < -0.39 is 0 Å². The Kier molecular flexibility index (Phi) is 6.78. The standard InChI is InChI=1S/C28H24S2/c1-3-21-8-10-23(11-9-21)19-29-27-14-12-25-13-15-28(18-26(25)17-27)30-20-24-7-5-6-22(4-2)16-24/h3-18H,1-2,19-20H2. The Bertz CT molecular complexity index is 1170. The molecule has 0 aromatic heterocycles. The molecule has 2 heteroatoms. The summed E-state index contributed by atoms with van der Waals surface area (Å²) in [6.07, 6.45) is 3.78. The van der Waals surface area contributed by atoms with Gasteiger partial charge in [-0.15, -0.1) is 23.5 Å². The fourth-order valence-electron chi connectivity index (χ4n) is 3.28. The number of rotatable bonds is 8. The third kappa shape index (κ3) is 5.27. The topological polar surface area (TPSA) is 0 Å². The first-order chi connectivity index (χ1) is 14.7. The van der Waals surface area contributed by atoms with Crippen LogP contribution in [0, 0.1) is 0 Å². The molecule has 0 heterocycles. The highest BCUT2D eigenvalue weighted by Crippen LogP contribution is 2.30. The maximum absolute atomic E-state index is 3.86. The molecule has 0 aliphatic rings. The molecule has 0 atom stereocenters. The number of fused-ring (bicyclic) bond motifs is 1. The molecule has 0 saturated carbocycles. The fraction of sp³-hybridized carbons (Fsp3) is 0.0714. The summed E-state index contributed by atoms with van der Waals surface area (Å²) in [5.41, 5.74) is 4.99. The summed E-state index contributed by atoms with van der Waals surface area (Å²) >= 11 is 3.76. The van der Waals surface area contributed by atoms with Gasteiger partial charge in [0.1, 0.15) is 0 Å². The van der Waals surface area contributed by atoms with Gasteiger partial charge in [-0.2, -0.15) is 0 Å². The van der Waals surface area contributed by atoms with Gasteiger partial charge in [-0.05, 0) is 57.3 Å².